The Labute approximate surface area is 134 Å². The molecule has 4 rings (SSSR count). The van der Waals surface area contributed by atoms with E-state index in [1.165, 1.54) is 11.3 Å². The second-order valence-corrected chi connectivity index (χ2v) is 7.96. The Bertz CT molecular complexity index is 617. The van der Waals surface area contributed by atoms with Gasteiger partial charge in [0, 0.05) is 31.0 Å². The van der Waals surface area contributed by atoms with Gasteiger partial charge in [-0.05, 0) is 25.7 Å². The number of aromatic nitrogens is 1. The highest BCUT2D eigenvalue weighted by atomic mass is 32.1. The fourth-order valence-corrected chi connectivity index (χ4v) is 5.73. The number of fused-ring (bicyclic) bond motifs is 1. The SMILES string of the molecule is CC(=O)N1[C@@H]2CN(C(=O)c3cncs3)[C@@H]3CCC[C@H]1[C@]3(C)C2. The quantitative estimate of drug-likeness (QED) is 0.797. The molecule has 1 aromatic rings. The number of hydrogen-bond acceptors (Lipinski definition) is 4. The van der Waals surface area contributed by atoms with Gasteiger partial charge in [-0.25, -0.2) is 0 Å². The van der Waals surface area contributed by atoms with E-state index in [4.69, 9.17) is 0 Å². The number of piperidine rings is 1. The maximum absolute atomic E-state index is 12.9. The zero-order valence-corrected chi connectivity index (χ0v) is 13.8. The summed E-state index contributed by atoms with van der Waals surface area (Å²) in [5, 5.41) is 0. The fraction of sp³-hybridized carbons (Fsp3) is 0.688. The summed E-state index contributed by atoms with van der Waals surface area (Å²) in [5.74, 6) is 0.251. The van der Waals surface area contributed by atoms with Crippen LogP contribution in [0.1, 0.15) is 49.2 Å². The van der Waals surface area contributed by atoms with Crippen LogP contribution in [0.3, 0.4) is 0 Å². The Morgan fingerprint density at radius 1 is 1.36 bits per heavy atom. The van der Waals surface area contributed by atoms with Gasteiger partial charge in [0.25, 0.3) is 5.91 Å². The Balaban J connectivity index is 1.72. The Morgan fingerprint density at radius 3 is 2.82 bits per heavy atom. The molecule has 3 aliphatic rings. The normalized spacial score (nSPS) is 36.5. The average molecular weight is 319 g/mol. The predicted molar refractivity (Wildman–Crippen MR) is 83.6 cm³/mol. The summed E-state index contributed by atoms with van der Waals surface area (Å²) < 4.78 is 0. The van der Waals surface area contributed by atoms with E-state index in [2.05, 4.69) is 16.8 Å². The highest BCUT2D eigenvalue weighted by Gasteiger charge is 2.61. The molecular weight excluding hydrogens is 298 g/mol. The topological polar surface area (TPSA) is 53.5 Å². The van der Waals surface area contributed by atoms with Crippen molar-refractivity contribution in [3.63, 3.8) is 0 Å². The molecule has 2 amide bonds. The lowest BCUT2D eigenvalue weighted by molar-refractivity contribution is -0.132. The predicted octanol–water partition coefficient (Wildman–Crippen LogP) is 2.15. The first-order valence-corrected chi connectivity index (χ1v) is 8.88. The first-order valence-electron chi connectivity index (χ1n) is 8.01. The lowest BCUT2D eigenvalue weighted by Crippen LogP contribution is -2.57. The number of likely N-dealkylation sites (tertiary alicyclic amines) is 2. The van der Waals surface area contributed by atoms with E-state index in [9.17, 15) is 9.59 Å². The van der Waals surface area contributed by atoms with E-state index in [0.29, 0.717) is 17.5 Å². The number of amides is 2. The Kier molecular flexibility index (Phi) is 3.08. The number of hydrogen-bond donors (Lipinski definition) is 0. The third-order valence-corrected chi connectivity index (χ3v) is 6.69. The van der Waals surface area contributed by atoms with E-state index >= 15 is 0 Å². The van der Waals surface area contributed by atoms with Crippen molar-refractivity contribution in [3.05, 3.63) is 16.6 Å². The first kappa shape index (κ1) is 14.2. The van der Waals surface area contributed by atoms with Gasteiger partial charge in [0.15, 0.2) is 0 Å². The summed E-state index contributed by atoms with van der Waals surface area (Å²) in [6, 6.07) is 0.730. The molecule has 1 aliphatic carbocycles. The van der Waals surface area contributed by atoms with Crippen LogP contribution >= 0.6 is 11.3 Å². The molecule has 1 saturated carbocycles. The first-order chi connectivity index (χ1) is 10.5. The van der Waals surface area contributed by atoms with Crippen molar-refractivity contribution < 1.29 is 9.59 Å². The van der Waals surface area contributed by atoms with E-state index in [0.717, 1.165) is 25.7 Å². The van der Waals surface area contributed by atoms with Crippen LogP contribution < -0.4 is 0 Å². The van der Waals surface area contributed by atoms with Crippen LogP contribution in [-0.4, -0.2) is 51.3 Å². The Hall–Kier alpha value is -1.43. The van der Waals surface area contributed by atoms with Crippen LogP contribution in [0.4, 0.5) is 0 Å². The molecule has 118 valence electrons. The van der Waals surface area contributed by atoms with E-state index in [1.54, 1.807) is 18.6 Å². The van der Waals surface area contributed by atoms with Crippen molar-refractivity contribution >= 4 is 23.2 Å². The molecule has 6 heteroatoms. The largest absolute Gasteiger partial charge is 0.335 e. The molecule has 3 fully saturated rings. The molecule has 0 spiro atoms. The number of carbonyl (C=O) groups is 2. The van der Waals surface area contributed by atoms with Gasteiger partial charge >= 0.3 is 0 Å². The summed E-state index contributed by atoms with van der Waals surface area (Å²) in [4.78, 5) is 33.9. The minimum Gasteiger partial charge on any atom is -0.335 e. The van der Waals surface area contributed by atoms with Gasteiger partial charge < -0.3 is 9.80 Å². The lowest BCUT2D eigenvalue weighted by atomic mass is 9.66. The van der Waals surface area contributed by atoms with Crippen LogP contribution in [0.2, 0.25) is 0 Å². The molecule has 2 bridgehead atoms. The van der Waals surface area contributed by atoms with Gasteiger partial charge in [-0.2, -0.15) is 0 Å². The van der Waals surface area contributed by atoms with Gasteiger partial charge in [0.2, 0.25) is 5.91 Å². The van der Waals surface area contributed by atoms with Gasteiger partial charge in [0.05, 0.1) is 17.7 Å². The van der Waals surface area contributed by atoms with Crippen molar-refractivity contribution in [1.29, 1.82) is 0 Å². The Morgan fingerprint density at radius 2 is 2.14 bits per heavy atom. The van der Waals surface area contributed by atoms with E-state index in [1.807, 2.05) is 4.90 Å². The molecule has 2 saturated heterocycles. The third kappa shape index (κ3) is 1.79. The molecule has 4 atom stereocenters. The lowest BCUT2D eigenvalue weighted by Gasteiger charge is -2.49. The molecule has 5 nitrogen and oxygen atoms in total. The van der Waals surface area contributed by atoms with Crippen molar-refractivity contribution in [3.8, 4) is 0 Å². The number of nitrogens with zero attached hydrogens (tertiary/aromatic N) is 3. The minimum absolute atomic E-state index is 0.0488. The molecule has 3 heterocycles. The zero-order chi connectivity index (χ0) is 15.5. The number of thiazole rings is 1. The zero-order valence-electron chi connectivity index (χ0n) is 13.0. The molecule has 22 heavy (non-hydrogen) atoms. The van der Waals surface area contributed by atoms with Gasteiger partial charge in [-0.15, -0.1) is 11.3 Å². The van der Waals surface area contributed by atoms with E-state index < -0.39 is 0 Å². The number of rotatable bonds is 1. The van der Waals surface area contributed by atoms with Crippen LogP contribution in [0.25, 0.3) is 0 Å². The highest BCUT2D eigenvalue weighted by molar-refractivity contribution is 7.11. The van der Waals surface area contributed by atoms with Crippen LogP contribution in [0.15, 0.2) is 11.7 Å². The van der Waals surface area contributed by atoms with Gasteiger partial charge in [0.1, 0.15) is 4.88 Å². The third-order valence-electron chi connectivity index (χ3n) is 5.93. The summed E-state index contributed by atoms with van der Waals surface area (Å²) in [6.45, 7) is 4.62. The second-order valence-electron chi connectivity index (χ2n) is 7.08. The molecule has 1 aromatic heterocycles. The van der Waals surface area contributed by atoms with Crippen LogP contribution in [0.5, 0.6) is 0 Å². The van der Waals surface area contributed by atoms with Gasteiger partial charge in [-0.1, -0.05) is 6.92 Å². The molecule has 0 N–H and O–H groups in total. The smallest absolute Gasteiger partial charge is 0.265 e. The standard InChI is InChI=1S/C16H21N3O2S/c1-10(20)19-11-6-16(2)13(4-3-5-14(16)19)18(8-11)15(21)12-7-17-9-22-12/h7,9,11,13-14H,3-6,8H2,1-2H3/t11-,13+,14-,16+/m0/s1. The van der Waals surface area contributed by atoms with Crippen molar-refractivity contribution in [2.75, 3.05) is 6.54 Å². The summed E-state index contributed by atoms with van der Waals surface area (Å²) in [6.07, 6.45) is 5.92. The molecule has 0 aromatic carbocycles. The second kappa shape index (κ2) is 4.78. The minimum atomic E-state index is 0.0488. The van der Waals surface area contributed by atoms with E-state index in [-0.39, 0.29) is 29.3 Å². The highest BCUT2D eigenvalue weighted by Crippen LogP contribution is 2.54. The average Bonchev–Trinajstić information content (AvgIpc) is 3.09. The monoisotopic (exact) mass is 319 g/mol. The molecular formula is C16H21N3O2S. The number of carbonyl (C=O) groups excluding carboxylic acids is 2. The maximum atomic E-state index is 12.9. The summed E-state index contributed by atoms with van der Waals surface area (Å²) >= 11 is 1.40. The molecule has 0 radical (unpaired) electrons. The summed E-state index contributed by atoms with van der Waals surface area (Å²) in [5.41, 5.74) is 1.76. The molecule has 0 unspecified atom stereocenters. The maximum Gasteiger partial charge on any atom is 0.265 e. The van der Waals surface area contributed by atoms with Crippen LogP contribution in [0, 0.1) is 5.41 Å². The fourth-order valence-electron chi connectivity index (χ4n) is 5.16. The molecule has 2 aliphatic heterocycles. The van der Waals surface area contributed by atoms with Crippen LogP contribution in [-0.2, 0) is 4.79 Å². The van der Waals surface area contributed by atoms with Gasteiger partial charge in [-0.3, -0.25) is 14.6 Å². The van der Waals surface area contributed by atoms with Crippen molar-refractivity contribution in [2.24, 2.45) is 5.41 Å². The van der Waals surface area contributed by atoms with Crippen molar-refractivity contribution in [1.82, 2.24) is 14.8 Å². The van der Waals surface area contributed by atoms with Crippen molar-refractivity contribution in [2.45, 2.75) is 57.7 Å². The summed E-state index contributed by atoms with van der Waals surface area (Å²) in [7, 11) is 0.